The molecule has 0 spiro atoms. The van der Waals surface area contributed by atoms with E-state index in [4.69, 9.17) is 4.74 Å². The van der Waals surface area contributed by atoms with Gasteiger partial charge in [0.2, 0.25) is 0 Å². The van der Waals surface area contributed by atoms with Crippen molar-refractivity contribution in [3.8, 4) is 5.75 Å². The zero-order valence-corrected chi connectivity index (χ0v) is 11.1. The first-order valence-electron chi connectivity index (χ1n) is 5.68. The summed E-state index contributed by atoms with van der Waals surface area (Å²) in [6.45, 7) is 2.28. The molecule has 1 unspecified atom stereocenters. The summed E-state index contributed by atoms with van der Waals surface area (Å²) in [6.07, 6.45) is 1.71. The van der Waals surface area contributed by atoms with Gasteiger partial charge in [0.05, 0.1) is 0 Å². The first-order chi connectivity index (χ1) is 8.70. The number of ether oxygens (including phenoxy) is 1. The molecule has 2 rings (SSSR count). The van der Waals surface area contributed by atoms with Gasteiger partial charge < -0.3 is 10.1 Å². The molecule has 0 saturated heterocycles. The molecule has 0 bridgehead atoms. The number of benzene rings is 1. The molecule has 1 heterocycles. The predicted molar refractivity (Wildman–Crippen MR) is 70.3 cm³/mol. The number of rotatable bonds is 5. The molecule has 18 heavy (non-hydrogen) atoms. The molecule has 0 radical (unpaired) electrons. The Labute approximate surface area is 110 Å². The zero-order chi connectivity index (χ0) is 13.0. The molecule has 1 aromatic carbocycles. The monoisotopic (exact) mass is 266 g/mol. The lowest BCUT2D eigenvalue weighted by molar-refractivity contribution is 0.289. The van der Waals surface area contributed by atoms with Crippen molar-refractivity contribution in [2.45, 2.75) is 19.6 Å². The summed E-state index contributed by atoms with van der Waals surface area (Å²) in [7, 11) is 1.84. The standard InChI is InChI=1S/C13H15FN2OS/c1-9(15-2)10-3-4-12(11(14)7-10)17-8-13-16-5-6-18-13/h3-7,9,15H,8H2,1-2H3. The smallest absolute Gasteiger partial charge is 0.165 e. The zero-order valence-electron chi connectivity index (χ0n) is 10.3. The fourth-order valence-corrected chi connectivity index (χ4v) is 2.06. The van der Waals surface area contributed by atoms with Crippen LogP contribution in [0.1, 0.15) is 23.5 Å². The largest absolute Gasteiger partial charge is 0.483 e. The summed E-state index contributed by atoms with van der Waals surface area (Å²) in [5.74, 6) is -0.0802. The van der Waals surface area contributed by atoms with Gasteiger partial charge in [-0.2, -0.15) is 0 Å². The van der Waals surface area contributed by atoms with Crippen molar-refractivity contribution in [1.82, 2.24) is 10.3 Å². The van der Waals surface area contributed by atoms with Crippen molar-refractivity contribution in [3.05, 3.63) is 46.2 Å². The van der Waals surface area contributed by atoms with Crippen molar-refractivity contribution in [3.63, 3.8) is 0 Å². The number of thiazole rings is 1. The lowest BCUT2D eigenvalue weighted by Gasteiger charge is -2.12. The minimum Gasteiger partial charge on any atom is -0.483 e. The van der Waals surface area contributed by atoms with Gasteiger partial charge in [0.15, 0.2) is 11.6 Å². The van der Waals surface area contributed by atoms with Crippen LogP contribution in [0.4, 0.5) is 4.39 Å². The van der Waals surface area contributed by atoms with Gasteiger partial charge in [0.1, 0.15) is 11.6 Å². The van der Waals surface area contributed by atoms with Crippen molar-refractivity contribution in [1.29, 1.82) is 0 Å². The molecular weight excluding hydrogens is 251 g/mol. The van der Waals surface area contributed by atoms with Crippen LogP contribution in [0.25, 0.3) is 0 Å². The quantitative estimate of drug-likeness (QED) is 0.902. The molecule has 0 saturated carbocycles. The highest BCUT2D eigenvalue weighted by atomic mass is 32.1. The maximum Gasteiger partial charge on any atom is 0.165 e. The number of nitrogens with zero attached hydrogens (tertiary/aromatic N) is 1. The van der Waals surface area contributed by atoms with Gasteiger partial charge in [-0.1, -0.05) is 6.07 Å². The van der Waals surface area contributed by atoms with E-state index in [0.717, 1.165) is 10.6 Å². The van der Waals surface area contributed by atoms with E-state index in [1.54, 1.807) is 12.3 Å². The third kappa shape index (κ3) is 3.05. The van der Waals surface area contributed by atoms with Crippen LogP contribution in [-0.2, 0) is 6.61 Å². The highest BCUT2D eigenvalue weighted by Gasteiger charge is 2.09. The first kappa shape index (κ1) is 13.0. The molecule has 1 aromatic heterocycles. The normalized spacial score (nSPS) is 12.4. The Morgan fingerprint density at radius 1 is 1.50 bits per heavy atom. The number of hydrogen-bond acceptors (Lipinski definition) is 4. The van der Waals surface area contributed by atoms with Crippen LogP contribution in [0.15, 0.2) is 29.8 Å². The van der Waals surface area contributed by atoms with E-state index in [0.29, 0.717) is 6.61 Å². The van der Waals surface area contributed by atoms with Crippen LogP contribution in [0.2, 0.25) is 0 Å². The van der Waals surface area contributed by atoms with Crippen LogP contribution in [0.5, 0.6) is 5.75 Å². The second-order valence-corrected chi connectivity index (χ2v) is 4.89. The van der Waals surface area contributed by atoms with Crippen molar-refractivity contribution in [2.24, 2.45) is 0 Å². The van der Waals surface area contributed by atoms with Gasteiger partial charge in [0, 0.05) is 17.6 Å². The maximum absolute atomic E-state index is 13.8. The van der Waals surface area contributed by atoms with Gasteiger partial charge in [-0.15, -0.1) is 11.3 Å². The second kappa shape index (κ2) is 5.93. The maximum atomic E-state index is 13.8. The van der Waals surface area contributed by atoms with Crippen LogP contribution >= 0.6 is 11.3 Å². The van der Waals surface area contributed by atoms with E-state index in [1.165, 1.54) is 17.4 Å². The SMILES string of the molecule is CNC(C)c1ccc(OCc2nccs2)c(F)c1. The van der Waals surface area contributed by atoms with E-state index in [2.05, 4.69) is 10.3 Å². The van der Waals surface area contributed by atoms with Crippen molar-refractivity contribution < 1.29 is 9.13 Å². The van der Waals surface area contributed by atoms with Crippen LogP contribution < -0.4 is 10.1 Å². The van der Waals surface area contributed by atoms with Gasteiger partial charge in [0.25, 0.3) is 0 Å². The first-order valence-corrected chi connectivity index (χ1v) is 6.56. The minimum absolute atomic E-state index is 0.118. The van der Waals surface area contributed by atoms with Crippen LogP contribution in [-0.4, -0.2) is 12.0 Å². The molecule has 3 nitrogen and oxygen atoms in total. The van der Waals surface area contributed by atoms with Gasteiger partial charge in [-0.3, -0.25) is 0 Å². The number of aromatic nitrogens is 1. The van der Waals surface area contributed by atoms with Crippen molar-refractivity contribution >= 4 is 11.3 Å². The van der Waals surface area contributed by atoms with Crippen LogP contribution in [0, 0.1) is 5.82 Å². The molecule has 96 valence electrons. The highest BCUT2D eigenvalue weighted by Crippen LogP contribution is 2.23. The topological polar surface area (TPSA) is 34.1 Å². The molecule has 0 fully saturated rings. The van der Waals surface area contributed by atoms with E-state index in [9.17, 15) is 4.39 Å². The average molecular weight is 266 g/mol. The Kier molecular flexibility index (Phi) is 4.28. The fraction of sp³-hybridized carbons (Fsp3) is 0.308. The van der Waals surface area contributed by atoms with E-state index >= 15 is 0 Å². The molecular formula is C13H15FN2OS. The lowest BCUT2D eigenvalue weighted by atomic mass is 10.1. The Bertz CT molecular complexity index is 502. The van der Waals surface area contributed by atoms with Crippen molar-refractivity contribution in [2.75, 3.05) is 7.05 Å². The third-order valence-electron chi connectivity index (χ3n) is 2.72. The van der Waals surface area contributed by atoms with E-state index in [-0.39, 0.29) is 17.6 Å². The Hall–Kier alpha value is -1.46. The van der Waals surface area contributed by atoms with Gasteiger partial charge in [-0.05, 0) is 31.7 Å². The molecule has 0 aliphatic rings. The molecule has 2 aromatic rings. The Morgan fingerprint density at radius 3 is 2.94 bits per heavy atom. The Balaban J connectivity index is 2.05. The molecule has 1 N–H and O–H groups in total. The summed E-state index contributed by atoms with van der Waals surface area (Å²) >= 11 is 1.49. The van der Waals surface area contributed by atoms with Gasteiger partial charge >= 0.3 is 0 Å². The third-order valence-corrected chi connectivity index (χ3v) is 3.48. The summed E-state index contributed by atoms with van der Waals surface area (Å²) in [5, 5.41) is 5.77. The number of halogens is 1. The lowest BCUT2D eigenvalue weighted by Crippen LogP contribution is -2.12. The summed E-state index contributed by atoms with van der Waals surface area (Å²) < 4.78 is 19.2. The summed E-state index contributed by atoms with van der Waals surface area (Å²) in [5.41, 5.74) is 0.900. The molecule has 1 atom stereocenters. The highest BCUT2D eigenvalue weighted by molar-refractivity contribution is 7.09. The molecule has 0 aliphatic heterocycles. The second-order valence-electron chi connectivity index (χ2n) is 3.91. The summed E-state index contributed by atoms with van der Waals surface area (Å²) in [6, 6.07) is 5.14. The van der Waals surface area contributed by atoms with E-state index < -0.39 is 0 Å². The van der Waals surface area contributed by atoms with Crippen LogP contribution in [0.3, 0.4) is 0 Å². The number of hydrogen-bond donors (Lipinski definition) is 1. The summed E-state index contributed by atoms with van der Waals surface area (Å²) in [4.78, 5) is 4.08. The Morgan fingerprint density at radius 2 is 2.33 bits per heavy atom. The average Bonchev–Trinajstić information content (AvgIpc) is 2.89. The fourth-order valence-electron chi connectivity index (χ4n) is 1.53. The molecule has 5 heteroatoms. The van der Waals surface area contributed by atoms with Gasteiger partial charge in [-0.25, -0.2) is 9.37 Å². The minimum atomic E-state index is -0.342. The molecule has 0 aliphatic carbocycles. The van der Waals surface area contributed by atoms with E-state index in [1.807, 2.05) is 25.4 Å². The predicted octanol–water partition coefficient (Wildman–Crippen LogP) is 3.14. The molecule has 0 amide bonds. The number of nitrogens with one attached hydrogen (secondary N) is 1.